The van der Waals surface area contributed by atoms with Crippen LogP contribution in [0.4, 0.5) is 23.7 Å². The first kappa shape index (κ1) is 29.8. The molecule has 0 heterocycles. The quantitative estimate of drug-likeness (QED) is 0.313. The molecule has 0 unspecified atom stereocenters. The van der Waals surface area contributed by atoms with E-state index in [-0.39, 0.29) is 31.2 Å². The average molecular weight is 567 g/mol. The maximum atomic E-state index is 13.1. The Morgan fingerprint density at radius 3 is 2.36 bits per heavy atom. The topological polar surface area (TPSA) is 94.2 Å². The van der Waals surface area contributed by atoms with Gasteiger partial charge in [-0.1, -0.05) is 29.8 Å². The number of methoxy groups -OCH3 is 2. The van der Waals surface area contributed by atoms with Crippen molar-refractivity contribution in [2.75, 3.05) is 32.7 Å². The molecule has 210 valence electrons. The SMILES string of the molecule is COCCN(Cc1ccc(OC)c(OS(=O)(=O)c2cccc(C(F)(F)F)c2)c1)C(=O)Nc1ccc(C)cc1C. The van der Waals surface area contributed by atoms with Crippen LogP contribution in [0.1, 0.15) is 22.3 Å². The van der Waals surface area contributed by atoms with Crippen molar-refractivity contribution in [3.63, 3.8) is 0 Å². The lowest BCUT2D eigenvalue weighted by Crippen LogP contribution is -2.37. The van der Waals surface area contributed by atoms with Crippen LogP contribution in [-0.4, -0.2) is 46.7 Å². The molecule has 12 heteroatoms. The Morgan fingerprint density at radius 2 is 1.72 bits per heavy atom. The first-order valence-electron chi connectivity index (χ1n) is 11.7. The van der Waals surface area contributed by atoms with Crippen molar-refractivity contribution in [3.8, 4) is 11.5 Å². The van der Waals surface area contributed by atoms with Crippen LogP contribution >= 0.6 is 0 Å². The van der Waals surface area contributed by atoms with Crippen molar-refractivity contribution in [2.45, 2.75) is 31.5 Å². The molecular weight excluding hydrogens is 537 g/mol. The van der Waals surface area contributed by atoms with Crippen molar-refractivity contribution in [1.82, 2.24) is 4.90 Å². The third kappa shape index (κ3) is 7.87. The number of carbonyl (C=O) groups is 1. The highest BCUT2D eigenvalue weighted by atomic mass is 32.2. The summed E-state index contributed by atoms with van der Waals surface area (Å²) in [5, 5.41) is 2.87. The summed E-state index contributed by atoms with van der Waals surface area (Å²) in [6.07, 6.45) is -4.73. The van der Waals surface area contributed by atoms with Gasteiger partial charge >= 0.3 is 22.3 Å². The number of urea groups is 1. The molecule has 1 N–H and O–H groups in total. The molecule has 0 spiro atoms. The van der Waals surface area contributed by atoms with E-state index in [1.807, 2.05) is 26.0 Å². The number of hydrogen-bond donors (Lipinski definition) is 1. The summed E-state index contributed by atoms with van der Waals surface area (Å²) in [6.45, 7) is 4.33. The van der Waals surface area contributed by atoms with Crippen LogP contribution in [0.2, 0.25) is 0 Å². The largest absolute Gasteiger partial charge is 0.493 e. The van der Waals surface area contributed by atoms with E-state index >= 15 is 0 Å². The molecule has 3 aromatic carbocycles. The third-order valence-corrected chi connectivity index (χ3v) is 6.96. The van der Waals surface area contributed by atoms with Gasteiger partial charge in [0.2, 0.25) is 0 Å². The number of ether oxygens (including phenoxy) is 2. The summed E-state index contributed by atoms with van der Waals surface area (Å²) < 4.78 is 80.6. The number of nitrogens with one attached hydrogen (secondary N) is 1. The van der Waals surface area contributed by atoms with Crippen LogP contribution in [0.25, 0.3) is 0 Å². The smallest absolute Gasteiger partial charge is 0.416 e. The number of rotatable bonds is 10. The zero-order valence-corrected chi connectivity index (χ0v) is 22.7. The predicted octanol–water partition coefficient (Wildman–Crippen LogP) is 5.78. The Kier molecular flexibility index (Phi) is 9.46. The number of carbonyl (C=O) groups excluding carboxylic acids is 1. The Labute approximate surface area is 225 Å². The normalized spacial score (nSPS) is 11.7. The molecule has 0 bridgehead atoms. The fraction of sp³-hybridized carbons (Fsp3) is 0.296. The lowest BCUT2D eigenvalue weighted by atomic mass is 10.1. The van der Waals surface area contributed by atoms with Crippen LogP contribution in [-0.2, 0) is 27.6 Å². The summed E-state index contributed by atoms with van der Waals surface area (Å²) >= 11 is 0. The second kappa shape index (κ2) is 12.4. The number of amides is 2. The number of hydrogen-bond acceptors (Lipinski definition) is 6. The molecule has 0 aliphatic heterocycles. The van der Waals surface area contributed by atoms with Crippen LogP contribution < -0.4 is 14.2 Å². The maximum Gasteiger partial charge on any atom is 0.416 e. The lowest BCUT2D eigenvalue weighted by molar-refractivity contribution is -0.137. The average Bonchev–Trinajstić information content (AvgIpc) is 2.87. The maximum absolute atomic E-state index is 13.1. The number of alkyl halides is 3. The summed E-state index contributed by atoms with van der Waals surface area (Å²) in [4.78, 5) is 13.9. The number of nitrogens with zero attached hydrogens (tertiary/aromatic N) is 1. The van der Waals surface area contributed by atoms with Gasteiger partial charge in [0, 0.05) is 25.9 Å². The highest BCUT2D eigenvalue weighted by Crippen LogP contribution is 2.34. The van der Waals surface area contributed by atoms with E-state index in [0.29, 0.717) is 17.3 Å². The highest BCUT2D eigenvalue weighted by molar-refractivity contribution is 7.87. The Bertz CT molecular complexity index is 1430. The van der Waals surface area contributed by atoms with Gasteiger partial charge in [-0.05, 0) is 61.4 Å². The van der Waals surface area contributed by atoms with E-state index in [2.05, 4.69) is 5.32 Å². The zero-order valence-electron chi connectivity index (χ0n) is 21.8. The fourth-order valence-corrected chi connectivity index (χ4v) is 4.68. The van der Waals surface area contributed by atoms with Crippen molar-refractivity contribution in [3.05, 3.63) is 82.9 Å². The van der Waals surface area contributed by atoms with E-state index in [9.17, 15) is 26.4 Å². The minimum absolute atomic E-state index is 0.0393. The van der Waals surface area contributed by atoms with Crippen LogP contribution in [0.3, 0.4) is 0 Å². The summed E-state index contributed by atoms with van der Waals surface area (Å²) in [5.74, 6) is -0.202. The van der Waals surface area contributed by atoms with Gasteiger partial charge < -0.3 is 23.9 Å². The van der Waals surface area contributed by atoms with E-state index in [0.717, 1.165) is 29.3 Å². The van der Waals surface area contributed by atoms with E-state index < -0.39 is 32.8 Å². The Balaban J connectivity index is 1.87. The number of anilines is 1. The van der Waals surface area contributed by atoms with Gasteiger partial charge in [0.05, 0.1) is 19.3 Å². The summed E-state index contributed by atoms with van der Waals surface area (Å²) in [6, 6.07) is 12.9. The molecule has 0 saturated heterocycles. The molecule has 0 aliphatic rings. The molecule has 8 nitrogen and oxygen atoms in total. The monoisotopic (exact) mass is 566 g/mol. The van der Waals surface area contributed by atoms with Crippen LogP contribution in [0.5, 0.6) is 11.5 Å². The minimum atomic E-state index is -4.73. The van der Waals surface area contributed by atoms with Crippen LogP contribution in [0.15, 0.2) is 65.6 Å². The molecule has 0 fully saturated rings. The molecule has 39 heavy (non-hydrogen) atoms. The molecule has 0 aromatic heterocycles. The predicted molar refractivity (Wildman–Crippen MR) is 139 cm³/mol. The number of aryl methyl sites for hydroxylation is 2. The Hall–Kier alpha value is -3.77. The van der Waals surface area contributed by atoms with Gasteiger partial charge in [0.25, 0.3) is 0 Å². The summed E-state index contributed by atoms with van der Waals surface area (Å²) in [5.41, 5.74) is 1.93. The first-order valence-corrected chi connectivity index (χ1v) is 13.2. The third-order valence-electron chi connectivity index (χ3n) is 5.73. The van der Waals surface area contributed by atoms with E-state index in [1.165, 1.54) is 31.3 Å². The zero-order chi connectivity index (χ0) is 28.8. The summed E-state index contributed by atoms with van der Waals surface area (Å²) in [7, 11) is -1.86. The van der Waals surface area contributed by atoms with Gasteiger partial charge in [-0.15, -0.1) is 0 Å². The van der Waals surface area contributed by atoms with Gasteiger partial charge in [0.15, 0.2) is 11.5 Å². The highest BCUT2D eigenvalue weighted by Gasteiger charge is 2.32. The Morgan fingerprint density at radius 1 is 0.974 bits per heavy atom. The van der Waals surface area contributed by atoms with Gasteiger partial charge in [0.1, 0.15) is 4.90 Å². The second-order valence-corrected chi connectivity index (χ2v) is 10.3. The molecule has 0 aliphatic carbocycles. The number of benzene rings is 3. The first-order chi connectivity index (χ1) is 18.3. The molecule has 0 atom stereocenters. The van der Waals surface area contributed by atoms with Crippen molar-refractivity contribution >= 4 is 21.8 Å². The minimum Gasteiger partial charge on any atom is -0.493 e. The standard InChI is InChI=1S/C27H29F3N2O6S/c1-18-8-10-23(19(2)14-18)31-26(33)32(12-13-36-3)17-20-9-11-24(37-4)25(15-20)38-39(34,35)22-7-5-6-21(16-22)27(28,29)30/h5-11,14-16H,12-13,17H2,1-4H3,(H,31,33). The molecule has 3 rings (SSSR count). The van der Waals surface area contributed by atoms with Gasteiger partial charge in [-0.25, -0.2) is 4.79 Å². The second-order valence-electron chi connectivity index (χ2n) is 8.71. The van der Waals surface area contributed by atoms with Crippen molar-refractivity contribution in [2.24, 2.45) is 0 Å². The van der Waals surface area contributed by atoms with Crippen molar-refractivity contribution < 1.29 is 40.0 Å². The van der Waals surface area contributed by atoms with Gasteiger partial charge in [-0.3, -0.25) is 0 Å². The molecule has 0 radical (unpaired) electrons. The number of halogens is 3. The van der Waals surface area contributed by atoms with Crippen molar-refractivity contribution in [1.29, 1.82) is 0 Å². The molecular formula is C27H29F3N2O6S. The molecule has 2 amide bonds. The molecule has 3 aromatic rings. The van der Waals surface area contributed by atoms with E-state index in [1.54, 1.807) is 12.1 Å². The van der Waals surface area contributed by atoms with Crippen LogP contribution in [0, 0.1) is 13.8 Å². The van der Waals surface area contributed by atoms with E-state index in [4.69, 9.17) is 13.7 Å². The van der Waals surface area contributed by atoms with Gasteiger partial charge in [-0.2, -0.15) is 21.6 Å². The fourth-order valence-electron chi connectivity index (χ4n) is 3.70. The molecule has 0 saturated carbocycles. The lowest BCUT2D eigenvalue weighted by Gasteiger charge is -2.24.